The average molecular weight is 485 g/mol. The highest BCUT2D eigenvalue weighted by Crippen LogP contribution is 2.52. The molecule has 4 aliphatic rings. The number of rotatable bonds is 7. The van der Waals surface area contributed by atoms with Gasteiger partial charge in [0.05, 0.1) is 12.7 Å². The molecule has 0 amide bonds. The molecule has 34 heavy (non-hydrogen) atoms. The third kappa shape index (κ3) is 5.30. The van der Waals surface area contributed by atoms with Crippen LogP contribution in [0.3, 0.4) is 0 Å². The standard InChI is InChI=1S/C29H44F4O/c1-3-5-20-7-9-21(10-8-20)22-11-13-23(14-12-22)27-18-15-24(19-34-27)26-17-16-25(6-4-2)28(30,31)29(26,32)33/h16-17,20-24,27H,3-15,18-19H2,1-2H3. The summed E-state index contributed by atoms with van der Waals surface area (Å²) < 4.78 is 64.9. The van der Waals surface area contributed by atoms with E-state index < -0.39 is 28.9 Å². The highest BCUT2D eigenvalue weighted by atomic mass is 19.3. The van der Waals surface area contributed by atoms with Gasteiger partial charge in [0.25, 0.3) is 0 Å². The minimum atomic E-state index is -4.12. The molecular weight excluding hydrogens is 440 g/mol. The monoisotopic (exact) mass is 484 g/mol. The predicted octanol–water partition coefficient (Wildman–Crippen LogP) is 9.13. The summed E-state index contributed by atoms with van der Waals surface area (Å²) in [6.45, 7) is 4.16. The maximum absolute atomic E-state index is 14.8. The molecule has 194 valence electrons. The lowest BCUT2D eigenvalue weighted by atomic mass is 9.67. The third-order valence-electron chi connectivity index (χ3n) is 9.49. The van der Waals surface area contributed by atoms with E-state index in [4.69, 9.17) is 4.74 Å². The van der Waals surface area contributed by atoms with Crippen LogP contribution in [-0.2, 0) is 4.74 Å². The van der Waals surface area contributed by atoms with Crippen molar-refractivity contribution in [2.45, 2.75) is 122 Å². The normalized spacial score (nSPS) is 38.2. The summed E-state index contributed by atoms with van der Waals surface area (Å²) in [6, 6.07) is 0. The zero-order chi connectivity index (χ0) is 24.3. The van der Waals surface area contributed by atoms with Crippen LogP contribution >= 0.6 is 0 Å². The van der Waals surface area contributed by atoms with Crippen LogP contribution in [-0.4, -0.2) is 24.6 Å². The van der Waals surface area contributed by atoms with Gasteiger partial charge in [-0.05, 0) is 81.5 Å². The van der Waals surface area contributed by atoms with Crippen molar-refractivity contribution in [2.75, 3.05) is 6.61 Å². The minimum Gasteiger partial charge on any atom is -0.377 e. The Morgan fingerprint density at radius 2 is 1.35 bits per heavy atom. The quantitative estimate of drug-likeness (QED) is 0.327. The van der Waals surface area contributed by atoms with Gasteiger partial charge in [-0.25, -0.2) is 0 Å². The maximum Gasteiger partial charge on any atom is 0.336 e. The van der Waals surface area contributed by atoms with Crippen molar-refractivity contribution in [3.8, 4) is 0 Å². The van der Waals surface area contributed by atoms with Gasteiger partial charge in [-0.1, -0.05) is 58.1 Å². The summed E-state index contributed by atoms with van der Waals surface area (Å²) in [7, 11) is 0. The summed E-state index contributed by atoms with van der Waals surface area (Å²) in [5, 5.41) is 0. The smallest absolute Gasteiger partial charge is 0.336 e. The van der Waals surface area contributed by atoms with E-state index in [1.165, 1.54) is 63.5 Å². The van der Waals surface area contributed by atoms with E-state index in [1.54, 1.807) is 6.92 Å². The van der Waals surface area contributed by atoms with Crippen molar-refractivity contribution in [3.05, 3.63) is 23.3 Å². The molecule has 0 aromatic rings. The van der Waals surface area contributed by atoms with Crippen LogP contribution < -0.4 is 0 Å². The van der Waals surface area contributed by atoms with Crippen molar-refractivity contribution in [2.24, 2.45) is 29.6 Å². The molecule has 2 saturated carbocycles. The molecular formula is C29H44F4O. The van der Waals surface area contributed by atoms with Gasteiger partial charge in [0.1, 0.15) is 0 Å². The molecule has 5 heteroatoms. The fourth-order valence-corrected chi connectivity index (χ4v) is 7.42. The molecule has 2 unspecified atom stereocenters. The van der Waals surface area contributed by atoms with E-state index in [0.717, 1.165) is 30.6 Å². The predicted molar refractivity (Wildman–Crippen MR) is 129 cm³/mol. The second kappa shape index (κ2) is 11.0. The summed E-state index contributed by atoms with van der Waals surface area (Å²) in [5.41, 5.74) is -0.882. The Bertz CT molecular complexity index is 718. The Labute approximate surface area is 203 Å². The minimum absolute atomic E-state index is 0.00152. The van der Waals surface area contributed by atoms with E-state index in [2.05, 4.69) is 6.92 Å². The molecule has 0 spiro atoms. The van der Waals surface area contributed by atoms with Gasteiger partial charge in [0.15, 0.2) is 0 Å². The highest BCUT2D eigenvalue weighted by Gasteiger charge is 2.62. The van der Waals surface area contributed by atoms with Crippen molar-refractivity contribution in [1.29, 1.82) is 0 Å². The molecule has 3 aliphatic carbocycles. The Hall–Kier alpha value is -0.840. The summed E-state index contributed by atoms with van der Waals surface area (Å²) in [5.74, 6) is -5.68. The molecule has 0 aromatic heterocycles. The first-order valence-corrected chi connectivity index (χ1v) is 14.1. The zero-order valence-electron chi connectivity index (χ0n) is 21.1. The lowest BCUT2D eigenvalue weighted by molar-refractivity contribution is -0.173. The lowest BCUT2D eigenvalue weighted by Gasteiger charge is -2.42. The third-order valence-corrected chi connectivity index (χ3v) is 9.49. The van der Waals surface area contributed by atoms with Gasteiger partial charge < -0.3 is 4.74 Å². The largest absolute Gasteiger partial charge is 0.377 e. The Morgan fingerprint density at radius 1 is 0.735 bits per heavy atom. The first kappa shape index (κ1) is 26.2. The fraction of sp³-hybridized carbons (Fsp3) is 0.862. The molecule has 1 saturated heterocycles. The van der Waals surface area contributed by atoms with Gasteiger partial charge >= 0.3 is 11.8 Å². The van der Waals surface area contributed by atoms with Crippen LogP contribution in [0.15, 0.2) is 23.3 Å². The van der Waals surface area contributed by atoms with Gasteiger partial charge in [-0.2, -0.15) is 17.6 Å². The first-order valence-electron chi connectivity index (χ1n) is 14.1. The molecule has 0 radical (unpaired) electrons. The van der Waals surface area contributed by atoms with Gasteiger partial charge in [-0.15, -0.1) is 0 Å². The topological polar surface area (TPSA) is 9.23 Å². The van der Waals surface area contributed by atoms with Gasteiger partial charge in [0, 0.05) is 17.1 Å². The van der Waals surface area contributed by atoms with Crippen LogP contribution in [0.5, 0.6) is 0 Å². The Balaban J connectivity index is 1.26. The molecule has 1 nitrogen and oxygen atoms in total. The highest BCUT2D eigenvalue weighted by molar-refractivity contribution is 5.39. The second-order valence-corrected chi connectivity index (χ2v) is 11.6. The van der Waals surface area contributed by atoms with E-state index in [1.807, 2.05) is 0 Å². The summed E-state index contributed by atoms with van der Waals surface area (Å²) in [4.78, 5) is 0. The maximum atomic E-state index is 14.8. The number of allylic oxidation sites excluding steroid dienone is 3. The molecule has 3 fully saturated rings. The van der Waals surface area contributed by atoms with Crippen molar-refractivity contribution in [3.63, 3.8) is 0 Å². The average Bonchev–Trinajstić information content (AvgIpc) is 2.84. The molecule has 0 aromatic carbocycles. The molecule has 4 rings (SSSR count). The summed E-state index contributed by atoms with van der Waals surface area (Å²) >= 11 is 0. The van der Waals surface area contributed by atoms with Crippen LogP contribution in [0.25, 0.3) is 0 Å². The fourth-order valence-electron chi connectivity index (χ4n) is 7.42. The summed E-state index contributed by atoms with van der Waals surface area (Å²) in [6.07, 6.45) is 17.4. The number of alkyl halides is 4. The van der Waals surface area contributed by atoms with Crippen LogP contribution in [0, 0.1) is 29.6 Å². The number of hydrogen-bond acceptors (Lipinski definition) is 1. The van der Waals surface area contributed by atoms with Crippen molar-refractivity contribution >= 4 is 0 Å². The van der Waals surface area contributed by atoms with Gasteiger partial charge in [0.2, 0.25) is 0 Å². The van der Waals surface area contributed by atoms with Crippen LogP contribution in [0.1, 0.15) is 104 Å². The number of hydrogen-bond donors (Lipinski definition) is 0. The molecule has 0 N–H and O–H groups in total. The van der Waals surface area contributed by atoms with Crippen molar-refractivity contribution in [1.82, 2.24) is 0 Å². The molecule has 0 bridgehead atoms. The first-order chi connectivity index (χ1) is 16.3. The van der Waals surface area contributed by atoms with Crippen molar-refractivity contribution < 1.29 is 22.3 Å². The van der Waals surface area contributed by atoms with Gasteiger partial charge in [-0.3, -0.25) is 0 Å². The van der Waals surface area contributed by atoms with E-state index in [0.29, 0.717) is 25.2 Å². The Morgan fingerprint density at radius 3 is 1.91 bits per heavy atom. The molecule has 2 atom stereocenters. The molecule has 1 heterocycles. The second-order valence-electron chi connectivity index (χ2n) is 11.6. The zero-order valence-corrected chi connectivity index (χ0v) is 21.1. The molecule has 1 aliphatic heterocycles. The SMILES string of the molecule is CCCC1=CC=C(C2CCC(C3CCC(C4CCC(CCC)CC4)CC3)OC2)C(F)(F)C1(F)F. The van der Waals surface area contributed by atoms with E-state index >= 15 is 0 Å². The van der Waals surface area contributed by atoms with Crippen LogP contribution in [0.4, 0.5) is 17.6 Å². The van der Waals surface area contributed by atoms with Crippen LogP contribution in [0.2, 0.25) is 0 Å². The number of halogens is 4. The lowest BCUT2D eigenvalue weighted by Crippen LogP contribution is -2.48. The van der Waals surface area contributed by atoms with E-state index in [-0.39, 0.29) is 19.1 Å². The Kier molecular flexibility index (Phi) is 8.52. The number of ether oxygens (including phenoxy) is 1. The van der Waals surface area contributed by atoms with E-state index in [9.17, 15) is 17.6 Å².